The van der Waals surface area contributed by atoms with Crippen LogP contribution in [0, 0.1) is 6.92 Å². The highest BCUT2D eigenvalue weighted by atomic mass is 32.2. The lowest BCUT2D eigenvalue weighted by Crippen LogP contribution is -2.17. The minimum Gasteiger partial charge on any atom is -0.362 e. The van der Waals surface area contributed by atoms with Crippen molar-refractivity contribution in [3.8, 4) is 0 Å². The van der Waals surface area contributed by atoms with Gasteiger partial charge in [-0.05, 0) is 31.9 Å². The molecule has 1 heterocycles. The van der Waals surface area contributed by atoms with Gasteiger partial charge in [-0.1, -0.05) is 17.7 Å². The van der Waals surface area contributed by atoms with Crippen molar-refractivity contribution in [2.45, 2.75) is 24.7 Å². The Morgan fingerprint density at radius 1 is 1.18 bits per heavy atom. The van der Waals surface area contributed by atoms with Gasteiger partial charge in [0.2, 0.25) is 0 Å². The molecule has 2 rings (SSSR count). The van der Waals surface area contributed by atoms with Crippen molar-refractivity contribution in [3.63, 3.8) is 0 Å². The summed E-state index contributed by atoms with van der Waals surface area (Å²) in [6.07, 6.45) is 3.66. The first kappa shape index (κ1) is 12.1. The zero-order valence-corrected chi connectivity index (χ0v) is 10.7. The average Bonchev–Trinajstić information content (AvgIpc) is 2.80. The maximum Gasteiger partial charge on any atom is 0.283 e. The summed E-state index contributed by atoms with van der Waals surface area (Å²) in [5.74, 6) is 0. The highest BCUT2D eigenvalue weighted by molar-refractivity contribution is 7.90. The first-order valence-electron chi connectivity index (χ1n) is 5.69. The Kier molecular flexibility index (Phi) is 3.47. The fourth-order valence-electron chi connectivity index (χ4n) is 1.76. The van der Waals surface area contributed by atoms with Gasteiger partial charge in [-0.25, -0.2) is 0 Å². The molecule has 1 aromatic rings. The third kappa shape index (κ3) is 3.06. The molecular formula is C12H16N2O2S. The Morgan fingerprint density at radius 3 is 2.35 bits per heavy atom. The van der Waals surface area contributed by atoms with Crippen LogP contribution in [-0.2, 0) is 10.0 Å². The lowest BCUT2D eigenvalue weighted by Gasteiger charge is -2.08. The molecule has 0 aliphatic carbocycles. The first-order chi connectivity index (χ1) is 8.08. The summed E-state index contributed by atoms with van der Waals surface area (Å²) in [6.45, 7) is 3.71. The number of benzene rings is 1. The number of hydrogen-bond acceptors (Lipinski definition) is 2. The van der Waals surface area contributed by atoms with Crippen LogP contribution in [0.15, 0.2) is 33.6 Å². The molecule has 92 valence electrons. The van der Waals surface area contributed by atoms with Crippen molar-refractivity contribution in [2.24, 2.45) is 4.40 Å². The molecule has 1 aliphatic heterocycles. The summed E-state index contributed by atoms with van der Waals surface area (Å²) >= 11 is 0. The van der Waals surface area contributed by atoms with Crippen molar-refractivity contribution < 1.29 is 8.42 Å². The number of nitrogens with zero attached hydrogens (tertiary/aromatic N) is 2. The average molecular weight is 252 g/mol. The van der Waals surface area contributed by atoms with E-state index in [-0.39, 0.29) is 4.90 Å². The van der Waals surface area contributed by atoms with Gasteiger partial charge >= 0.3 is 0 Å². The van der Waals surface area contributed by atoms with Gasteiger partial charge in [-0.2, -0.15) is 8.42 Å². The summed E-state index contributed by atoms with van der Waals surface area (Å²) < 4.78 is 27.5. The van der Waals surface area contributed by atoms with E-state index >= 15 is 0 Å². The van der Waals surface area contributed by atoms with E-state index in [1.807, 2.05) is 11.8 Å². The third-order valence-corrected chi connectivity index (χ3v) is 4.05. The van der Waals surface area contributed by atoms with Gasteiger partial charge in [-0.3, -0.25) is 0 Å². The van der Waals surface area contributed by atoms with Crippen molar-refractivity contribution in [3.05, 3.63) is 29.8 Å². The summed E-state index contributed by atoms with van der Waals surface area (Å²) in [6, 6.07) is 6.73. The highest BCUT2D eigenvalue weighted by Gasteiger charge is 2.13. The second-order valence-electron chi connectivity index (χ2n) is 4.25. The molecule has 0 atom stereocenters. The zero-order valence-electron chi connectivity index (χ0n) is 9.83. The Balaban J connectivity index is 2.15. The van der Waals surface area contributed by atoms with Crippen LogP contribution < -0.4 is 0 Å². The molecule has 0 radical (unpaired) electrons. The number of aryl methyl sites for hydroxylation is 1. The van der Waals surface area contributed by atoms with Crippen LogP contribution in [0.4, 0.5) is 0 Å². The standard InChI is InChI=1S/C12H16N2O2S/c1-11-4-6-12(7-5-11)17(15,16)13-10-14-8-2-3-9-14/h4-7,10H,2-3,8-9H2,1H3/b13-10+. The Bertz CT molecular complexity index is 500. The van der Waals surface area contributed by atoms with E-state index in [4.69, 9.17) is 0 Å². The van der Waals surface area contributed by atoms with E-state index in [0.717, 1.165) is 31.5 Å². The molecule has 1 aromatic carbocycles. The fourth-order valence-corrected chi connectivity index (χ4v) is 2.62. The van der Waals surface area contributed by atoms with E-state index < -0.39 is 10.0 Å². The van der Waals surface area contributed by atoms with Gasteiger partial charge in [0.15, 0.2) is 0 Å². The zero-order chi connectivity index (χ0) is 12.3. The van der Waals surface area contributed by atoms with E-state index in [0.29, 0.717) is 0 Å². The van der Waals surface area contributed by atoms with Gasteiger partial charge in [0.25, 0.3) is 10.0 Å². The van der Waals surface area contributed by atoms with Crippen LogP contribution in [0.25, 0.3) is 0 Å². The van der Waals surface area contributed by atoms with E-state index in [1.54, 1.807) is 24.3 Å². The van der Waals surface area contributed by atoms with Gasteiger partial charge in [0, 0.05) is 13.1 Å². The normalized spacial score (nSPS) is 16.9. The molecule has 0 spiro atoms. The SMILES string of the molecule is Cc1ccc(S(=O)(=O)/N=C/N2CCCC2)cc1. The van der Waals surface area contributed by atoms with Gasteiger partial charge in [-0.15, -0.1) is 4.40 Å². The first-order valence-corrected chi connectivity index (χ1v) is 7.13. The minimum absolute atomic E-state index is 0.249. The Labute approximate surface area is 102 Å². The number of hydrogen-bond donors (Lipinski definition) is 0. The van der Waals surface area contributed by atoms with Crippen molar-refractivity contribution in [2.75, 3.05) is 13.1 Å². The largest absolute Gasteiger partial charge is 0.362 e. The third-order valence-electron chi connectivity index (χ3n) is 2.81. The van der Waals surface area contributed by atoms with Crippen molar-refractivity contribution in [1.82, 2.24) is 4.90 Å². The maximum absolute atomic E-state index is 11.9. The molecule has 0 amide bonds. The van der Waals surface area contributed by atoms with Crippen LogP contribution in [0.1, 0.15) is 18.4 Å². The predicted molar refractivity (Wildman–Crippen MR) is 67.7 cm³/mol. The van der Waals surface area contributed by atoms with Crippen LogP contribution in [0.3, 0.4) is 0 Å². The summed E-state index contributed by atoms with van der Waals surface area (Å²) in [5, 5.41) is 0. The van der Waals surface area contributed by atoms with Crippen LogP contribution in [0.5, 0.6) is 0 Å². The molecule has 4 nitrogen and oxygen atoms in total. The topological polar surface area (TPSA) is 49.7 Å². The van der Waals surface area contributed by atoms with Gasteiger partial charge < -0.3 is 4.90 Å². The molecule has 0 N–H and O–H groups in total. The molecule has 1 aliphatic rings. The van der Waals surface area contributed by atoms with Crippen LogP contribution in [0.2, 0.25) is 0 Å². The number of rotatable bonds is 3. The van der Waals surface area contributed by atoms with Crippen LogP contribution >= 0.6 is 0 Å². The minimum atomic E-state index is -3.54. The maximum atomic E-state index is 11.9. The Morgan fingerprint density at radius 2 is 1.76 bits per heavy atom. The molecule has 0 saturated carbocycles. The Hall–Kier alpha value is -1.36. The lowest BCUT2D eigenvalue weighted by molar-refractivity contribution is 0.535. The van der Waals surface area contributed by atoms with Gasteiger partial charge in [0.1, 0.15) is 6.34 Å². The molecule has 0 aromatic heterocycles. The monoisotopic (exact) mass is 252 g/mol. The quantitative estimate of drug-likeness (QED) is 0.609. The van der Waals surface area contributed by atoms with E-state index in [1.165, 1.54) is 6.34 Å². The summed E-state index contributed by atoms with van der Waals surface area (Å²) in [4.78, 5) is 2.18. The van der Waals surface area contributed by atoms with Crippen molar-refractivity contribution in [1.29, 1.82) is 0 Å². The second-order valence-corrected chi connectivity index (χ2v) is 5.88. The summed E-state index contributed by atoms with van der Waals surface area (Å²) in [7, 11) is -3.54. The molecule has 1 saturated heterocycles. The molecule has 0 unspecified atom stereocenters. The molecular weight excluding hydrogens is 236 g/mol. The van der Waals surface area contributed by atoms with E-state index in [2.05, 4.69) is 4.40 Å². The molecule has 1 fully saturated rings. The number of likely N-dealkylation sites (tertiary alicyclic amines) is 1. The lowest BCUT2D eigenvalue weighted by atomic mass is 10.2. The van der Waals surface area contributed by atoms with E-state index in [9.17, 15) is 8.42 Å². The number of sulfonamides is 1. The smallest absolute Gasteiger partial charge is 0.283 e. The highest BCUT2D eigenvalue weighted by Crippen LogP contribution is 2.13. The van der Waals surface area contributed by atoms with Gasteiger partial charge in [0.05, 0.1) is 4.90 Å². The summed E-state index contributed by atoms with van der Waals surface area (Å²) in [5.41, 5.74) is 1.03. The molecule has 0 bridgehead atoms. The fraction of sp³-hybridized carbons (Fsp3) is 0.417. The second kappa shape index (κ2) is 4.87. The van der Waals surface area contributed by atoms with Crippen molar-refractivity contribution >= 4 is 16.4 Å². The van der Waals surface area contributed by atoms with Crippen LogP contribution in [-0.4, -0.2) is 32.7 Å². The molecule has 17 heavy (non-hydrogen) atoms. The molecule has 5 heteroatoms. The predicted octanol–water partition coefficient (Wildman–Crippen LogP) is 1.81.